The summed E-state index contributed by atoms with van der Waals surface area (Å²) in [6, 6.07) is 3.35. The molecule has 104 valence electrons. The normalized spacial score (nSPS) is 16.4. The van der Waals surface area contributed by atoms with E-state index in [1.165, 1.54) is 6.20 Å². The number of hydrogen-bond acceptors (Lipinski definition) is 3. The third-order valence-electron chi connectivity index (χ3n) is 3.61. The lowest BCUT2D eigenvalue weighted by Crippen LogP contribution is -2.46. The SMILES string of the molecule is CCN(CC)CC1(NC(=O)c2ccc(Cl)cn2)CC1. The number of likely N-dealkylation sites (N-methyl/N-ethyl adjacent to an activating group) is 1. The van der Waals surface area contributed by atoms with Gasteiger partial charge in [0.1, 0.15) is 5.69 Å². The predicted octanol–water partition coefficient (Wildman–Crippen LogP) is 2.34. The van der Waals surface area contributed by atoms with E-state index in [0.29, 0.717) is 10.7 Å². The van der Waals surface area contributed by atoms with Gasteiger partial charge in [-0.3, -0.25) is 4.79 Å². The van der Waals surface area contributed by atoms with Crippen LogP contribution in [0.5, 0.6) is 0 Å². The Bertz CT molecular complexity index is 439. The highest BCUT2D eigenvalue weighted by atomic mass is 35.5. The van der Waals surface area contributed by atoms with Crippen LogP contribution < -0.4 is 5.32 Å². The van der Waals surface area contributed by atoms with E-state index < -0.39 is 0 Å². The van der Waals surface area contributed by atoms with Gasteiger partial charge in [-0.2, -0.15) is 0 Å². The van der Waals surface area contributed by atoms with Crippen LogP contribution in [0.25, 0.3) is 0 Å². The van der Waals surface area contributed by atoms with Gasteiger partial charge in [0.05, 0.1) is 10.6 Å². The average Bonchev–Trinajstić information content (AvgIpc) is 3.16. The van der Waals surface area contributed by atoms with Gasteiger partial charge in [0, 0.05) is 12.7 Å². The second-order valence-corrected chi connectivity index (χ2v) is 5.49. The van der Waals surface area contributed by atoms with E-state index in [1.54, 1.807) is 12.1 Å². The van der Waals surface area contributed by atoms with Crippen LogP contribution in [0.1, 0.15) is 37.2 Å². The second-order valence-electron chi connectivity index (χ2n) is 5.06. The summed E-state index contributed by atoms with van der Waals surface area (Å²) >= 11 is 5.77. The zero-order valence-electron chi connectivity index (χ0n) is 11.4. The zero-order chi connectivity index (χ0) is 13.9. The summed E-state index contributed by atoms with van der Waals surface area (Å²) in [5, 5.41) is 3.66. The summed E-state index contributed by atoms with van der Waals surface area (Å²) in [6.07, 6.45) is 3.59. The summed E-state index contributed by atoms with van der Waals surface area (Å²) in [7, 11) is 0. The topological polar surface area (TPSA) is 45.2 Å². The van der Waals surface area contributed by atoms with Crippen molar-refractivity contribution in [2.45, 2.75) is 32.2 Å². The standard InChI is InChI=1S/C14H20ClN3O/c1-3-18(4-2)10-14(7-8-14)17-13(19)12-6-5-11(15)9-16-12/h5-6,9H,3-4,7-8,10H2,1-2H3,(H,17,19). The van der Waals surface area contributed by atoms with Crippen LogP contribution in [-0.4, -0.2) is 41.0 Å². The first-order chi connectivity index (χ1) is 9.08. The average molecular weight is 282 g/mol. The van der Waals surface area contributed by atoms with Crippen LogP contribution in [0.2, 0.25) is 5.02 Å². The molecule has 1 amide bonds. The summed E-state index contributed by atoms with van der Waals surface area (Å²) < 4.78 is 0. The molecule has 1 aliphatic rings. The van der Waals surface area contributed by atoms with Gasteiger partial charge in [-0.1, -0.05) is 25.4 Å². The number of pyridine rings is 1. The number of carbonyl (C=O) groups excluding carboxylic acids is 1. The molecule has 2 rings (SSSR count). The smallest absolute Gasteiger partial charge is 0.270 e. The van der Waals surface area contributed by atoms with Crippen molar-refractivity contribution in [3.63, 3.8) is 0 Å². The first kappa shape index (κ1) is 14.3. The minimum atomic E-state index is -0.110. The molecule has 0 radical (unpaired) electrons. The van der Waals surface area contributed by atoms with Crippen LogP contribution in [0.4, 0.5) is 0 Å². The molecule has 5 heteroatoms. The lowest BCUT2D eigenvalue weighted by Gasteiger charge is -2.25. The number of nitrogens with one attached hydrogen (secondary N) is 1. The molecule has 0 aromatic carbocycles. The van der Waals surface area contributed by atoms with Gasteiger partial charge in [0.15, 0.2) is 0 Å². The molecule has 1 aliphatic carbocycles. The van der Waals surface area contributed by atoms with Crippen molar-refractivity contribution < 1.29 is 4.79 Å². The Morgan fingerprint density at radius 3 is 2.58 bits per heavy atom. The maximum atomic E-state index is 12.1. The van der Waals surface area contributed by atoms with Crippen LogP contribution in [0, 0.1) is 0 Å². The van der Waals surface area contributed by atoms with E-state index in [1.807, 2.05) is 0 Å². The molecule has 19 heavy (non-hydrogen) atoms. The van der Waals surface area contributed by atoms with E-state index in [4.69, 9.17) is 11.6 Å². The molecule has 0 aliphatic heterocycles. The largest absolute Gasteiger partial charge is 0.344 e. The second kappa shape index (κ2) is 5.88. The van der Waals surface area contributed by atoms with Crippen LogP contribution in [0.15, 0.2) is 18.3 Å². The van der Waals surface area contributed by atoms with Crippen molar-refractivity contribution in [3.05, 3.63) is 29.0 Å². The molecule has 1 heterocycles. The number of rotatable bonds is 6. The summed E-state index contributed by atoms with van der Waals surface area (Å²) in [4.78, 5) is 18.5. The van der Waals surface area contributed by atoms with E-state index in [2.05, 4.69) is 29.0 Å². The van der Waals surface area contributed by atoms with Gasteiger partial charge < -0.3 is 10.2 Å². The quantitative estimate of drug-likeness (QED) is 0.870. The van der Waals surface area contributed by atoms with Crippen molar-refractivity contribution in [2.75, 3.05) is 19.6 Å². The first-order valence-electron chi connectivity index (χ1n) is 6.75. The van der Waals surface area contributed by atoms with E-state index in [-0.39, 0.29) is 11.4 Å². The van der Waals surface area contributed by atoms with Crippen LogP contribution in [-0.2, 0) is 0 Å². The van der Waals surface area contributed by atoms with E-state index in [9.17, 15) is 4.79 Å². The fourth-order valence-electron chi connectivity index (χ4n) is 2.16. The van der Waals surface area contributed by atoms with Crippen molar-refractivity contribution in [1.29, 1.82) is 0 Å². The Morgan fingerprint density at radius 2 is 2.11 bits per heavy atom. The van der Waals surface area contributed by atoms with E-state index >= 15 is 0 Å². The summed E-state index contributed by atoms with van der Waals surface area (Å²) in [5.74, 6) is -0.110. The summed E-state index contributed by atoms with van der Waals surface area (Å²) in [5.41, 5.74) is 0.375. The van der Waals surface area contributed by atoms with Crippen molar-refractivity contribution in [2.24, 2.45) is 0 Å². The monoisotopic (exact) mass is 281 g/mol. The lowest BCUT2D eigenvalue weighted by atomic mass is 10.2. The van der Waals surface area contributed by atoms with Crippen LogP contribution >= 0.6 is 11.6 Å². The lowest BCUT2D eigenvalue weighted by molar-refractivity contribution is 0.0913. The molecule has 4 nitrogen and oxygen atoms in total. The highest BCUT2D eigenvalue weighted by Crippen LogP contribution is 2.36. The molecule has 1 aromatic heterocycles. The van der Waals surface area contributed by atoms with Crippen molar-refractivity contribution >= 4 is 17.5 Å². The Hall–Kier alpha value is -1.13. The molecular weight excluding hydrogens is 262 g/mol. The summed E-state index contributed by atoms with van der Waals surface area (Å²) in [6.45, 7) is 7.21. The Balaban J connectivity index is 1.96. The Kier molecular flexibility index (Phi) is 4.42. The van der Waals surface area contributed by atoms with Gasteiger partial charge in [-0.15, -0.1) is 0 Å². The van der Waals surface area contributed by atoms with Crippen molar-refractivity contribution in [3.8, 4) is 0 Å². The van der Waals surface area contributed by atoms with Gasteiger partial charge in [-0.05, 0) is 38.1 Å². The molecule has 1 saturated carbocycles. The van der Waals surface area contributed by atoms with Gasteiger partial charge >= 0.3 is 0 Å². The highest BCUT2D eigenvalue weighted by Gasteiger charge is 2.45. The van der Waals surface area contributed by atoms with Crippen LogP contribution in [0.3, 0.4) is 0 Å². The fraction of sp³-hybridized carbons (Fsp3) is 0.571. The molecular formula is C14H20ClN3O. The van der Waals surface area contributed by atoms with Gasteiger partial charge in [0.25, 0.3) is 5.91 Å². The van der Waals surface area contributed by atoms with Gasteiger partial charge in [-0.25, -0.2) is 4.98 Å². The molecule has 0 unspecified atom stereocenters. The van der Waals surface area contributed by atoms with E-state index in [0.717, 1.165) is 32.5 Å². The Labute approximate surface area is 119 Å². The van der Waals surface area contributed by atoms with Crippen molar-refractivity contribution in [1.82, 2.24) is 15.2 Å². The molecule has 0 saturated heterocycles. The molecule has 0 spiro atoms. The minimum absolute atomic E-state index is 0.0512. The number of aromatic nitrogens is 1. The maximum Gasteiger partial charge on any atom is 0.270 e. The molecule has 1 aromatic rings. The minimum Gasteiger partial charge on any atom is -0.344 e. The number of carbonyl (C=O) groups is 1. The zero-order valence-corrected chi connectivity index (χ0v) is 12.2. The molecule has 1 fully saturated rings. The number of halogens is 1. The van der Waals surface area contributed by atoms with Gasteiger partial charge in [0.2, 0.25) is 0 Å². The molecule has 0 bridgehead atoms. The molecule has 1 N–H and O–H groups in total. The predicted molar refractivity (Wildman–Crippen MR) is 76.5 cm³/mol. The first-order valence-corrected chi connectivity index (χ1v) is 7.13. The highest BCUT2D eigenvalue weighted by molar-refractivity contribution is 6.30. The number of hydrogen-bond donors (Lipinski definition) is 1. The number of nitrogens with zero attached hydrogens (tertiary/aromatic N) is 2. The maximum absolute atomic E-state index is 12.1. The third-order valence-corrected chi connectivity index (χ3v) is 3.84. The third kappa shape index (κ3) is 3.67. The Morgan fingerprint density at radius 1 is 1.42 bits per heavy atom. The number of amides is 1. The molecule has 0 atom stereocenters. The fourth-order valence-corrected chi connectivity index (χ4v) is 2.28.